The quantitative estimate of drug-likeness (QED) is 0.635. The number of hydrogen-bond donors (Lipinski definition) is 2. The Balaban J connectivity index is 1.90. The van der Waals surface area contributed by atoms with Gasteiger partial charge in [0, 0.05) is 6.04 Å². The van der Waals surface area contributed by atoms with E-state index in [4.69, 9.17) is 5.11 Å². The summed E-state index contributed by atoms with van der Waals surface area (Å²) < 4.78 is 0. The highest BCUT2D eigenvalue weighted by Crippen LogP contribution is 2.34. The molecule has 0 spiro atoms. The highest BCUT2D eigenvalue weighted by Gasteiger charge is 2.34. The molecular weight excluding hydrogens is 150 g/mol. The number of aliphatic hydroxyl groups excluding tert-OH is 1. The molecule has 1 saturated carbocycles. The molecule has 1 aliphatic rings. The van der Waals surface area contributed by atoms with Crippen LogP contribution in [0.25, 0.3) is 0 Å². The smallest absolute Gasteiger partial charge is 0.0524 e. The predicted molar refractivity (Wildman–Crippen MR) is 51.1 cm³/mol. The summed E-state index contributed by atoms with van der Waals surface area (Å²) in [6.45, 7) is 5.06. The van der Waals surface area contributed by atoms with Crippen molar-refractivity contribution in [1.82, 2.24) is 5.32 Å². The van der Waals surface area contributed by atoms with Crippen LogP contribution in [0.4, 0.5) is 0 Å². The van der Waals surface area contributed by atoms with Crippen LogP contribution in [0.15, 0.2) is 0 Å². The van der Waals surface area contributed by atoms with Crippen molar-refractivity contribution in [1.29, 1.82) is 0 Å². The van der Waals surface area contributed by atoms with Gasteiger partial charge in [0.15, 0.2) is 0 Å². The van der Waals surface area contributed by atoms with E-state index in [0.717, 1.165) is 24.9 Å². The van der Waals surface area contributed by atoms with Crippen LogP contribution in [0.5, 0.6) is 0 Å². The van der Waals surface area contributed by atoms with Crippen molar-refractivity contribution in [3.8, 4) is 0 Å². The summed E-state index contributed by atoms with van der Waals surface area (Å²) >= 11 is 0. The lowest BCUT2D eigenvalue weighted by atomic mass is 10.2. The van der Waals surface area contributed by atoms with Gasteiger partial charge < -0.3 is 10.4 Å². The molecule has 72 valence electrons. The SMILES string of the molecule is CCCC1CC1NCCC(C)O. The van der Waals surface area contributed by atoms with Gasteiger partial charge in [-0.15, -0.1) is 0 Å². The summed E-state index contributed by atoms with van der Waals surface area (Å²) in [6, 6.07) is 0.767. The molecular formula is C10H21NO. The Morgan fingerprint density at radius 3 is 2.92 bits per heavy atom. The maximum atomic E-state index is 9.01. The topological polar surface area (TPSA) is 32.3 Å². The van der Waals surface area contributed by atoms with Crippen LogP contribution < -0.4 is 5.32 Å². The van der Waals surface area contributed by atoms with Crippen molar-refractivity contribution in [2.45, 2.75) is 51.7 Å². The van der Waals surface area contributed by atoms with E-state index in [0.29, 0.717) is 0 Å². The van der Waals surface area contributed by atoms with E-state index < -0.39 is 0 Å². The zero-order chi connectivity index (χ0) is 8.97. The summed E-state index contributed by atoms with van der Waals surface area (Å²) in [7, 11) is 0. The molecule has 0 aromatic rings. The van der Waals surface area contributed by atoms with E-state index in [2.05, 4.69) is 12.2 Å². The zero-order valence-electron chi connectivity index (χ0n) is 8.21. The van der Waals surface area contributed by atoms with E-state index in [1.807, 2.05) is 6.92 Å². The molecule has 1 rings (SSSR count). The first-order chi connectivity index (χ1) is 5.74. The molecule has 12 heavy (non-hydrogen) atoms. The monoisotopic (exact) mass is 171 g/mol. The van der Waals surface area contributed by atoms with Gasteiger partial charge in [-0.2, -0.15) is 0 Å². The average molecular weight is 171 g/mol. The second-order valence-corrected chi connectivity index (χ2v) is 3.98. The number of aliphatic hydroxyl groups is 1. The molecule has 0 aromatic heterocycles. The lowest BCUT2D eigenvalue weighted by Gasteiger charge is -2.05. The summed E-state index contributed by atoms with van der Waals surface area (Å²) in [4.78, 5) is 0. The zero-order valence-corrected chi connectivity index (χ0v) is 8.21. The Morgan fingerprint density at radius 2 is 2.33 bits per heavy atom. The highest BCUT2D eigenvalue weighted by molar-refractivity contribution is 4.92. The minimum atomic E-state index is -0.152. The lowest BCUT2D eigenvalue weighted by molar-refractivity contribution is 0.183. The largest absolute Gasteiger partial charge is 0.393 e. The molecule has 0 heterocycles. The van der Waals surface area contributed by atoms with E-state index >= 15 is 0 Å². The minimum Gasteiger partial charge on any atom is -0.393 e. The highest BCUT2D eigenvalue weighted by atomic mass is 16.3. The fraction of sp³-hybridized carbons (Fsp3) is 1.00. The Morgan fingerprint density at radius 1 is 1.58 bits per heavy atom. The van der Waals surface area contributed by atoms with Crippen LogP contribution in [-0.2, 0) is 0 Å². The lowest BCUT2D eigenvalue weighted by Crippen LogP contribution is -2.22. The molecule has 0 aliphatic heterocycles. The van der Waals surface area contributed by atoms with Gasteiger partial charge in [-0.25, -0.2) is 0 Å². The summed E-state index contributed by atoms with van der Waals surface area (Å²) in [5.74, 6) is 0.934. The van der Waals surface area contributed by atoms with Crippen LogP contribution in [0.2, 0.25) is 0 Å². The van der Waals surface area contributed by atoms with Gasteiger partial charge in [0.1, 0.15) is 0 Å². The first-order valence-electron chi connectivity index (χ1n) is 5.15. The Bertz CT molecular complexity index is 125. The molecule has 1 fully saturated rings. The van der Waals surface area contributed by atoms with Crippen LogP contribution in [0.1, 0.15) is 39.5 Å². The molecule has 1 aliphatic carbocycles. The summed E-state index contributed by atoms with van der Waals surface area (Å²) in [5, 5.41) is 12.5. The average Bonchev–Trinajstić information content (AvgIpc) is 2.68. The standard InChI is InChI=1S/C10H21NO/c1-3-4-9-7-10(9)11-6-5-8(2)12/h8-12H,3-7H2,1-2H3. The summed E-state index contributed by atoms with van der Waals surface area (Å²) in [6.07, 6.45) is 4.76. The number of hydrogen-bond acceptors (Lipinski definition) is 2. The van der Waals surface area contributed by atoms with Gasteiger partial charge in [-0.05, 0) is 38.6 Å². The number of rotatable bonds is 6. The Kier molecular flexibility index (Phi) is 4.02. The summed E-state index contributed by atoms with van der Waals surface area (Å²) in [5.41, 5.74) is 0. The molecule has 3 atom stereocenters. The van der Waals surface area contributed by atoms with Gasteiger partial charge >= 0.3 is 0 Å². The third kappa shape index (κ3) is 3.55. The van der Waals surface area contributed by atoms with Crippen LogP contribution in [-0.4, -0.2) is 23.8 Å². The van der Waals surface area contributed by atoms with Crippen molar-refractivity contribution >= 4 is 0 Å². The third-order valence-corrected chi connectivity index (χ3v) is 2.55. The van der Waals surface area contributed by atoms with E-state index in [9.17, 15) is 0 Å². The second kappa shape index (κ2) is 4.83. The number of nitrogens with one attached hydrogen (secondary N) is 1. The fourth-order valence-corrected chi connectivity index (χ4v) is 1.67. The molecule has 2 nitrogen and oxygen atoms in total. The van der Waals surface area contributed by atoms with Crippen molar-refractivity contribution in [2.75, 3.05) is 6.54 Å². The maximum absolute atomic E-state index is 9.01. The fourth-order valence-electron chi connectivity index (χ4n) is 1.67. The van der Waals surface area contributed by atoms with Crippen molar-refractivity contribution in [3.63, 3.8) is 0 Å². The minimum absolute atomic E-state index is 0.152. The van der Waals surface area contributed by atoms with Crippen LogP contribution in [0, 0.1) is 5.92 Å². The van der Waals surface area contributed by atoms with E-state index in [1.165, 1.54) is 19.3 Å². The molecule has 0 amide bonds. The van der Waals surface area contributed by atoms with Gasteiger partial charge in [0.25, 0.3) is 0 Å². The molecule has 0 saturated heterocycles. The first kappa shape index (κ1) is 10.0. The van der Waals surface area contributed by atoms with Crippen molar-refractivity contribution in [2.24, 2.45) is 5.92 Å². The van der Waals surface area contributed by atoms with E-state index in [1.54, 1.807) is 0 Å². The Labute approximate surface area is 75.4 Å². The maximum Gasteiger partial charge on any atom is 0.0524 e. The first-order valence-corrected chi connectivity index (χ1v) is 5.15. The molecule has 2 N–H and O–H groups in total. The van der Waals surface area contributed by atoms with Gasteiger partial charge in [-0.1, -0.05) is 13.3 Å². The molecule has 2 heteroatoms. The molecule has 3 unspecified atom stereocenters. The van der Waals surface area contributed by atoms with E-state index in [-0.39, 0.29) is 6.10 Å². The molecule has 0 aromatic carbocycles. The third-order valence-electron chi connectivity index (χ3n) is 2.55. The van der Waals surface area contributed by atoms with Crippen molar-refractivity contribution < 1.29 is 5.11 Å². The molecule has 0 bridgehead atoms. The van der Waals surface area contributed by atoms with Gasteiger partial charge in [0.05, 0.1) is 6.10 Å². The molecule has 0 radical (unpaired) electrons. The van der Waals surface area contributed by atoms with Crippen LogP contribution >= 0.6 is 0 Å². The second-order valence-electron chi connectivity index (χ2n) is 3.98. The normalized spacial score (nSPS) is 30.2. The predicted octanol–water partition coefficient (Wildman–Crippen LogP) is 1.54. The van der Waals surface area contributed by atoms with Gasteiger partial charge in [0.2, 0.25) is 0 Å². The van der Waals surface area contributed by atoms with Gasteiger partial charge in [-0.3, -0.25) is 0 Å². The van der Waals surface area contributed by atoms with Crippen LogP contribution in [0.3, 0.4) is 0 Å². The Hall–Kier alpha value is -0.0800. The van der Waals surface area contributed by atoms with Crippen molar-refractivity contribution in [3.05, 3.63) is 0 Å².